The summed E-state index contributed by atoms with van der Waals surface area (Å²) >= 11 is 0. The molecule has 2 aromatic heterocycles. The summed E-state index contributed by atoms with van der Waals surface area (Å²) in [5.74, 6) is 0. The summed E-state index contributed by atoms with van der Waals surface area (Å²) in [6.07, 6.45) is 6.37. The lowest BCUT2D eigenvalue weighted by Crippen LogP contribution is -2.21. The van der Waals surface area contributed by atoms with E-state index in [-0.39, 0.29) is 11.7 Å². The largest absolute Gasteiger partial charge is 0.329 e. The number of fused-ring (bicyclic) bond motifs is 1. The predicted octanol–water partition coefficient (Wildman–Crippen LogP) is 4.77. The Morgan fingerprint density at radius 2 is 2.18 bits per heavy atom. The molecule has 1 atom stereocenters. The molecule has 3 aromatic rings. The van der Waals surface area contributed by atoms with Gasteiger partial charge in [-0.25, -0.2) is 14.8 Å². The molecule has 0 aliphatic rings. The lowest BCUT2D eigenvalue weighted by Gasteiger charge is -2.14. The van der Waals surface area contributed by atoms with E-state index in [0.717, 1.165) is 17.6 Å². The van der Waals surface area contributed by atoms with E-state index in [0.29, 0.717) is 22.6 Å². The van der Waals surface area contributed by atoms with Crippen molar-refractivity contribution in [3.63, 3.8) is 0 Å². The molecule has 0 radical (unpaired) electrons. The van der Waals surface area contributed by atoms with Gasteiger partial charge < -0.3 is 0 Å². The fourth-order valence-electron chi connectivity index (χ4n) is 2.84. The van der Waals surface area contributed by atoms with Crippen LogP contribution in [0.5, 0.6) is 0 Å². The second kappa shape index (κ2) is 9.47. The molecule has 0 aliphatic heterocycles. The maximum atomic E-state index is 12.4. The number of nitrogens with zero attached hydrogens (tertiary/aromatic N) is 4. The third-order valence-corrected chi connectivity index (χ3v) is 4.29. The summed E-state index contributed by atoms with van der Waals surface area (Å²) in [7, 11) is 0. The number of aromatic amines is 1. The van der Waals surface area contributed by atoms with Crippen LogP contribution >= 0.6 is 0 Å². The van der Waals surface area contributed by atoms with Gasteiger partial charge in [-0.3, -0.25) is 9.55 Å². The standard InChI is InChI=1S/C19H19N5O.C3H6/c1-4-6-12(2)13(3)24-18-17(23-19(24)25)21-11-16(22-18)15-8-5-7-14(9-15)10-20;1-3-2/h5-9,11,13H,4H2,1-3H3,(H,21,23,25);3H,1H2,2H3/b12-6+;/t13-;/m0./s1. The van der Waals surface area contributed by atoms with Crippen molar-refractivity contribution in [2.24, 2.45) is 0 Å². The molecule has 28 heavy (non-hydrogen) atoms. The SMILES string of the molecule is C=CC.CC/C=C(\C)[C@H](C)n1c(=O)[nH]c2ncc(-c3cccc(C#N)c3)nc21. The summed E-state index contributed by atoms with van der Waals surface area (Å²) < 4.78 is 1.63. The van der Waals surface area contributed by atoms with Crippen LogP contribution in [-0.4, -0.2) is 19.5 Å². The van der Waals surface area contributed by atoms with E-state index in [2.05, 4.69) is 40.6 Å². The van der Waals surface area contributed by atoms with Crippen LogP contribution in [0.2, 0.25) is 0 Å². The van der Waals surface area contributed by atoms with Crippen molar-refractivity contribution >= 4 is 11.3 Å². The van der Waals surface area contributed by atoms with E-state index in [1.165, 1.54) is 0 Å². The molecule has 0 amide bonds. The van der Waals surface area contributed by atoms with Gasteiger partial charge in [-0.2, -0.15) is 5.26 Å². The molecule has 0 fully saturated rings. The lowest BCUT2D eigenvalue weighted by molar-refractivity contribution is 0.616. The molecule has 0 unspecified atom stereocenters. The maximum Gasteiger partial charge on any atom is 0.329 e. The molecule has 0 saturated heterocycles. The highest BCUT2D eigenvalue weighted by molar-refractivity contribution is 5.71. The van der Waals surface area contributed by atoms with Crippen LogP contribution in [0.15, 0.2) is 59.6 Å². The van der Waals surface area contributed by atoms with Gasteiger partial charge in [0.1, 0.15) is 0 Å². The number of imidazole rings is 1. The highest BCUT2D eigenvalue weighted by atomic mass is 16.1. The van der Waals surface area contributed by atoms with E-state index in [1.54, 1.807) is 35.0 Å². The van der Waals surface area contributed by atoms with Crippen molar-refractivity contribution in [1.29, 1.82) is 5.26 Å². The van der Waals surface area contributed by atoms with Gasteiger partial charge in [0.2, 0.25) is 0 Å². The molecule has 1 aromatic carbocycles. The van der Waals surface area contributed by atoms with Crippen molar-refractivity contribution in [1.82, 2.24) is 19.5 Å². The van der Waals surface area contributed by atoms with E-state index in [4.69, 9.17) is 5.26 Å². The van der Waals surface area contributed by atoms with Gasteiger partial charge in [-0.05, 0) is 39.3 Å². The Morgan fingerprint density at radius 3 is 2.82 bits per heavy atom. The third-order valence-electron chi connectivity index (χ3n) is 4.29. The average Bonchev–Trinajstić information content (AvgIpc) is 3.03. The number of aromatic nitrogens is 4. The van der Waals surface area contributed by atoms with Gasteiger partial charge in [0, 0.05) is 5.56 Å². The summed E-state index contributed by atoms with van der Waals surface area (Å²) in [4.78, 5) is 24.1. The van der Waals surface area contributed by atoms with Crippen LogP contribution in [0.4, 0.5) is 0 Å². The van der Waals surface area contributed by atoms with Crippen molar-refractivity contribution < 1.29 is 0 Å². The highest BCUT2D eigenvalue weighted by Gasteiger charge is 2.17. The molecule has 144 valence electrons. The van der Waals surface area contributed by atoms with Crippen LogP contribution < -0.4 is 5.69 Å². The van der Waals surface area contributed by atoms with Crippen molar-refractivity contribution in [2.75, 3.05) is 0 Å². The van der Waals surface area contributed by atoms with Crippen LogP contribution in [0.3, 0.4) is 0 Å². The summed E-state index contributed by atoms with van der Waals surface area (Å²) in [5, 5.41) is 9.07. The van der Waals surface area contributed by atoms with Crippen molar-refractivity contribution in [3.05, 3.63) is 70.8 Å². The molecule has 6 heteroatoms. The van der Waals surface area contributed by atoms with Gasteiger partial charge >= 0.3 is 5.69 Å². The zero-order valence-electron chi connectivity index (χ0n) is 16.7. The number of H-pyrrole nitrogens is 1. The Labute approximate surface area is 164 Å². The molecule has 1 N–H and O–H groups in total. The van der Waals surface area contributed by atoms with Gasteiger partial charge in [-0.1, -0.05) is 36.8 Å². The summed E-state index contributed by atoms with van der Waals surface area (Å²) in [6.45, 7) is 11.3. The number of nitrogens with one attached hydrogen (secondary N) is 1. The summed E-state index contributed by atoms with van der Waals surface area (Å²) in [6, 6.07) is 9.18. The minimum absolute atomic E-state index is 0.115. The fourth-order valence-corrected chi connectivity index (χ4v) is 2.84. The second-order valence-electron chi connectivity index (χ2n) is 6.36. The maximum absolute atomic E-state index is 12.4. The Morgan fingerprint density at radius 1 is 1.46 bits per heavy atom. The number of hydrogen-bond donors (Lipinski definition) is 1. The highest BCUT2D eigenvalue weighted by Crippen LogP contribution is 2.22. The number of allylic oxidation sites excluding steroid dienone is 3. The molecule has 0 bridgehead atoms. The van der Waals surface area contributed by atoms with E-state index >= 15 is 0 Å². The Bertz CT molecular complexity index is 1100. The molecular weight excluding hydrogens is 350 g/mol. The molecule has 3 rings (SSSR count). The minimum Gasteiger partial charge on any atom is -0.289 e. The molecule has 0 aliphatic carbocycles. The quantitative estimate of drug-likeness (QED) is 0.666. The average molecular weight is 375 g/mol. The van der Waals surface area contributed by atoms with Crippen LogP contribution in [-0.2, 0) is 0 Å². The predicted molar refractivity (Wildman–Crippen MR) is 113 cm³/mol. The minimum atomic E-state index is -0.228. The Balaban J connectivity index is 0.000000878. The number of nitriles is 1. The monoisotopic (exact) mass is 375 g/mol. The van der Waals surface area contributed by atoms with E-state index in [9.17, 15) is 4.79 Å². The molecule has 0 spiro atoms. The Kier molecular flexibility index (Phi) is 7.05. The number of rotatable bonds is 4. The van der Waals surface area contributed by atoms with Gasteiger partial charge in [-0.15, -0.1) is 6.58 Å². The fraction of sp³-hybridized carbons (Fsp3) is 0.273. The smallest absolute Gasteiger partial charge is 0.289 e. The summed E-state index contributed by atoms with van der Waals surface area (Å²) in [5.41, 5.74) is 3.82. The first-order chi connectivity index (χ1) is 13.5. The van der Waals surface area contributed by atoms with Gasteiger partial charge in [0.05, 0.1) is 29.6 Å². The zero-order chi connectivity index (χ0) is 20.7. The number of hydrogen-bond acceptors (Lipinski definition) is 4. The molecule has 2 heterocycles. The second-order valence-corrected chi connectivity index (χ2v) is 6.36. The topological polar surface area (TPSA) is 87.4 Å². The first kappa shape index (κ1) is 20.8. The van der Waals surface area contributed by atoms with Crippen molar-refractivity contribution in [2.45, 2.75) is 40.2 Å². The lowest BCUT2D eigenvalue weighted by atomic mass is 10.1. The van der Waals surface area contributed by atoms with Gasteiger partial charge in [0.15, 0.2) is 11.3 Å². The molecule has 0 saturated carbocycles. The van der Waals surface area contributed by atoms with Crippen LogP contribution in [0, 0.1) is 11.3 Å². The first-order valence-electron chi connectivity index (χ1n) is 9.18. The van der Waals surface area contributed by atoms with Crippen molar-refractivity contribution in [3.8, 4) is 17.3 Å². The normalized spacial score (nSPS) is 12.0. The Hall–Kier alpha value is -3.46. The molecular formula is C22H25N5O. The van der Waals surface area contributed by atoms with E-state index < -0.39 is 0 Å². The number of benzene rings is 1. The zero-order valence-corrected chi connectivity index (χ0v) is 16.7. The van der Waals surface area contributed by atoms with Crippen LogP contribution in [0.25, 0.3) is 22.6 Å². The molecule has 6 nitrogen and oxygen atoms in total. The first-order valence-corrected chi connectivity index (χ1v) is 9.18. The van der Waals surface area contributed by atoms with Crippen LogP contribution in [0.1, 0.15) is 45.7 Å². The third kappa shape index (κ3) is 4.44. The van der Waals surface area contributed by atoms with E-state index in [1.807, 2.05) is 26.8 Å². The van der Waals surface area contributed by atoms with Gasteiger partial charge in [0.25, 0.3) is 0 Å².